The number of hydrogen-bond donors (Lipinski definition) is 3. The Labute approximate surface area is 148 Å². The van der Waals surface area contributed by atoms with Gasteiger partial charge in [-0.2, -0.15) is 0 Å². The van der Waals surface area contributed by atoms with E-state index in [1.807, 2.05) is 12.1 Å². The molecule has 120 valence electrons. The molecule has 5 nitrogen and oxygen atoms in total. The van der Waals surface area contributed by atoms with Gasteiger partial charge in [-0.15, -0.1) is 0 Å². The van der Waals surface area contributed by atoms with Crippen molar-refractivity contribution in [3.63, 3.8) is 0 Å². The molecule has 6 heteroatoms. The van der Waals surface area contributed by atoms with E-state index in [9.17, 15) is 14.7 Å². The third kappa shape index (κ3) is 5.55. The molecule has 0 atom stereocenters. The quantitative estimate of drug-likeness (QED) is 0.493. The predicted molar refractivity (Wildman–Crippen MR) is 96.5 cm³/mol. The third-order valence-corrected chi connectivity index (χ3v) is 3.86. The Kier molecular flexibility index (Phi) is 6.40. The summed E-state index contributed by atoms with van der Waals surface area (Å²) < 4.78 is 1.08. The van der Waals surface area contributed by atoms with Crippen LogP contribution in [0.15, 0.2) is 48.5 Å². The van der Waals surface area contributed by atoms with Gasteiger partial charge in [-0.05, 0) is 71.5 Å². The normalized spacial score (nSPS) is 10.1. The zero-order valence-corrected chi connectivity index (χ0v) is 14.5. The number of phenols is 1. The summed E-state index contributed by atoms with van der Waals surface area (Å²) in [6, 6.07) is 13.5. The molecular weight excluding hydrogens is 407 g/mol. The van der Waals surface area contributed by atoms with Gasteiger partial charge in [0.1, 0.15) is 5.75 Å². The second-order valence-corrected chi connectivity index (χ2v) is 6.17. The summed E-state index contributed by atoms with van der Waals surface area (Å²) in [6.07, 6.45) is 0.626. The Morgan fingerprint density at radius 2 is 1.52 bits per heavy atom. The van der Waals surface area contributed by atoms with Crippen molar-refractivity contribution in [1.82, 2.24) is 10.6 Å². The van der Waals surface area contributed by atoms with Crippen LogP contribution in [0.5, 0.6) is 5.75 Å². The number of nitrogens with one attached hydrogen (secondary N) is 2. The number of benzene rings is 2. The molecule has 0 fully saturated rings. The number of halogens is 1. The maximum Gasteiger partial charge on any atom is 0.251 e. The van der Waals surface area contributed by atoms with Gasteiger partial charge in [0.05, 0.1) is 0 Å². The lowest BCUT2D eigenvalue weighted by molar-refractivity contribution is 0.0951. The van der Waals surface area contributed by atoms with Crippen LogP contribution in [0.1, 0.15) is 27.1 Å². The number of aromatic hydroxyl groups is 1. The Morgan fingerprint density at radius 1 is 0.913 bits per heavy atom. The highest BCUT2D eigenvalue weighted by Crippen LogP contribution is 2.10. The van der Waals surface area contributed by atoms with Gasteiger partial charge in [-0.1, -0.05) is 6.07 Å². The van der Waals surface area contributed by atoms with Crippen molar-refractivity contribution < 1.29 is 14.7 Å². The zero-order valence-electron chi connectivity index (χ0n) is 12.4. The molecule has 23 heavy (non-hydrogen) atoms. The van der Waals surface area contributed by atoms with Crippen LogP contribution in [0.25, 0.3) is 0 Å². The van der Waals surface area contributed by atoms with Gasteiger partial charge in [0.2, 0.25) is 0 Å². The molecule has 0 aliphatic carbocycles. The fourth-order valence-corrected chi connectivity index (χ4v) is 2.30. The first kappa shape index (κ1) is 17.3. The molecule has 0 aromatic heterocycles. The highest BCUT2D eigenvalue weighted by atomic mass is 127. The standard InChI is InChI=1S/C17H17IN2O3/c18-14-7-5-12(6-8-14)16(22)19-9-2-10-20-17(23)13-3-1-4-15(21)11-13/h1,3-8,11,21H,2,9-10H2,(H,19,22)(H,20,23). The van der Waals surface area contributed by atoms with Crippen LogP contribution >= 0.6 is 22.6 Å². The minimum atomic E-state index is -0.245. The molecule has 0 saturated carbocycles. The second-order valence-electron chi connectivity index (χ2n) is 4.92. The van der Waals surface area contributed by atoms with Gasteiger partial charge in [-0.3, -0.25) is 9.59 Å². The first-order valence-electron chi connectivity index (χ1n) is 7.17. The van der Waals surface area contributed by atoms with Gasteiger partial charge in [0, 0.05) is 27.8 Å². The van der Waals surface area contributed by atoms with E-state index in [4.69, 9.17) is 0 Å². The van der Waals surface area contributed by atoms with Crippen LogP contribution < -0.4 is 10.6 Å². The summed E-state index contributed by atoms with van der Waals surface area (Å²) in [4.78, 5) is 23.7. The fourth-order valence-electron chi connectivity index (χ4n) is 1.94. The summed E-state index contributed by atoms with van der Waals surface area (Å²) in [6.45, 7) is 0.923. The highest BCUT2D eigenvalue weighted by molar-refractivity contribution is 14.1. The predicted octanol–water partition coefficient (Wildman–Crippen LogP) is 2.55. The Balaban J connectivity index is 1.68. The summed E-state index contributed by atoms with van der Waals surface area (Å²) in [5, 5.41) is 14.9. The number of carbonyl (C=O) groups excluding carboxylic acids is 2. The van der Waals surface area contributed by atoms with Crippen LogP contribution in [0.4, 0.5) is 0 Å². The van der Waals surface area contributed by atoms with E-state index in [1.165, 1.54) is 12.1 Å². The number of hydrogen-bond acceptors (Lipinski definition) is 3. The molecule has 0 spiro atoms. The summed E-state index contributed by atoms with van der Waals surface area (Å²) >= 11 is 2.18. The van der Waals surface area contributed by atoms with Crippen molar-refractivity contribution in [3.05, 3.63) is 63.2 Å². The first-order chi connectivity index (χ1) is 11.1. The fraction of sp³-hybridized carbons (Fsp3) is 0.176. The van der Waals surface area contributed by atoms with E-state index < -0.39 is 0 Å². The summed E-state index contributed by atoms with van der Waals surface area (Å²) in [7, 11) is 0. The largest absolute Gasteiger partial charge is 0.508 e. The first-order valence-corrected chi connectivity index (χ1v) is 8.25. The Bertz CT molecular complexity index is 686. The average molecular weight is 424 g/mol. The van der Waals surface area contributed by atoms with Crippen molar-refractivity contribution in [2.75, 3.05) is 13.1 Å². The number of phenolic OH excluding ortho intramolecular Hbond substituents is 1. The second kappa shape index (κ2) is 8.52. The van der Waals surface area contributed by atoms with Crippen LogP contribution in [0.3, 0.4) is 0 Å². The molecule has 0 heterocycles. The van der Waals surface area contributed by atoms with E-state index in [1.54, 1.807) is 24.3 Å². The van der Waals surface area contributed by atoms with E-state index in [0.717, 1.165) is 3.57 Å². The monoisotopic (exact) mass is 424 g/mol. The molecule has 2 aromatic rings. The van der Waals surface area contributed by atoms with Crippen molar-refractivity contribution in [2.45, 2.75) is 6.42 Å². The minimum absolute atomic E-state index is 0.0578. The molecular formula is C17H17IN2O3. The number of rotatable bonds is 6. The lowest BCUT2D eigenvalue weighted by atomic mass is 10.2. The van der Waals surface area contributed by atoms with Gasteiger partial charge in [0.15, 0.2) is 0 Å². The van der Waals surface area contributed by atoms with Gasteiger partial charge < -0.3 is 15.7 Å². The van der Waals surface area contributed by atoms with Crippen LogP contribution in [0, 0.1) is 3.57 Å². The lowest BCUT2D eigenvalue weighted by Gasteiger charge is -2.07. The maximum absolute atomic E-state index is 11.9. The van der Waals surface area contributed by atoms with Crippen LogP contribution in [-0.4, -0.2) is 30.0 Å². The molecule has 2 aromatic carbocycles. The Morgan fingerprint density at radius 3 is 2.13 bits per heavy atom. The third-order valence-electron chi connectivity index (χ3n) is 3.14. The lowest BCUT2D eigenvalue weighted by Crippen LogP contribution is -2.29. The summed E-state index contributed by atoms with van der Waals surface area (Å²) in [5.74, 6) is -0.312. The molecule has 2 rings (SSSR count). The molecule has 2 amide bonds. The van der Waals surface area contributed by atoms with Crippen LogP contribution in [0.2, 0.25) is 0 Å². The summed E-state index contributed by atoms with van der Waals surface area (Å²) in [5.41, 5.74) is 1.03. The van der Waals surface area contributed by atoms with Gasteiger partial charge in [-0.25, -0.2) is 0 Å². The van der Waals surface area contributed by atoms with Crippen molar-refractivity contribution in [3.8, 4) is 5.75 Å². The number of amides is 2. The number of carbonyl (C=O) groups is 2. The van der Waals surface area contributed by atoms with Crippen molar-refractivity contribution >= 4 is 34.4 Å². The van der Waals surface area contributed by atoms with E-state index in [2.05, 4.69) is 33.2 Å². The highest BCUT2D eigenvalue weighted by Gasteiger charge is 2.06. The topological polar surface area (TPSA) is 78.4 Å². The van der Waals surface area contributed by atoms with E-state index in [0.29, 0.717) is 30.6 Å². The van der Waals surface area contributed by atoms with Crippen molar-refractivity contribution in [1.29, 1.82) is 0 Å². The maximum atomic E-state index is 11.9. The molecule has 0 bridgehead atoms. The zero-order chi connectivity index (χ0) is 16.7. The van der Waals surface area contributed by atoms with Crippen molar-refractivity contribution in [2.24, 2.45) is 0 Å². The average Bonchev–Trinajstić information content (AvgIpc) is 2.54. The molecule has 0 radical (unpaired) electrons. The molecule has 0 saturated heterocycles. The Hall–Kier alpha value is -2.09. The van der Waals surface area contributed by atoms with Crippen LogP contribution in [-0.2, 0) is 0 Å². The molecule has 3 N–H and O–H groups in total. The minimum Gasteiger partial charge on any atom is -0.508 e. The van der Waals surface area contributed by atoms with Gasteiger partial charge in [0.25, 0.3) is 11.8 Å². The molecule has 0 aliphatic heterocycles. The van der Waals surface area contributed by atoms with E-state index >= 15 is 0 Å². The van der Waals surface area contributed by atoms with Gasteiger partial charge >= 0.3 is 0 Å². The molecule has 0 unspecified atom stereocenters. The molecule has 0 aliphatic rings. The smallest absolute Gasteiger partial charge is 0.251 e. The SMILES string of the molecule is O=C(NCCCNC(=O)c1cccc(O)c1)c1ccc(I)cc1. The van der Waals surface area contributed by atoms with E-state index in [-0.39, 0.29) is 17.6 Å².